The monoisotopic (exact) mass is 262 g/mol. The van der Waals surface area contributed by atoms with Crippen LogP contribution < -0.4 is 10.2 Å². The van der Waals surface area contributed by atoms with Gasteiger partial charge in [-0.15, -0.1) is 0 Å². The number of benzene rings is 1. The highest BCUT2D eigenvalue weighted by Crippen LogP contribution is 2.29. The van der Waals surface area contributed by atoms with Crippen LogP contribution in [0.1, 0.15) is 25.3 Å². The molecule has 0 spiro atoms. The first kappa shape index (κ1) is 13.9. The number of hydrogen-bond acceptors (Lipinski definition) is 3. The Hall–Kier alpha value is -1.55. The molecule has 4 nitrogen and oxygen atoms in total. The molecule has 0 bridgehead atoms. The topological polar surface area (TPSA) is 52.6 Å². The van der Waals surface area contributed by atoms with Gasteiger partial charge in [-0.1, -0.05) is 6.92 Å². The quantitative estimate of drug-likeness (QED) is 0.853. The fourth-order valence-corrected chi connectivity index (χ4v) is 2.37. The van der Waals surface area contributed by atoms with E-state index in [1.54, 1.807) is 4.90 Å². The Kier molecular flexibility index (Phi) is 4.43. The first-order valence-electron chi connectivity index (χ1n) is 6.90. The summed E-state index contributed by atoms with van der Waals surface area (Å²) in [5.74, 6) is 0.472. The fraction of sp³-hybridized carbons (Fsp3) is 0.533. The van der Waals surface area contributed by atoms with E-state index in [2.05, 4.69) is 18.3 Å². The van der Waals surface area contributed by atoms with Crippen molar-refractivity contribution in [2.24, 2.45) is 5.92 Å². The smallest absolute Gasteiger partial charge is 0.227 e. The molecule has 1 amide bonds. The van der Waals surface area contributed by atoms with Crippen LogP contribution >= 0.6 is 0 Å². The maximum Gasteiger partial charge on any atom is 0.227 e. The molecular weight excluding hydrogens is 240 g/mol. The first-order valence-corrected chi connectivity index (χ1v) is 6.90. The Bertz CT molecular complexity index is 455. The number of fused-ring (bicyclic) bond motifs is 1. The van der Waals surface area contributed by atoms with Gasteiger partial charge in [0.2, 0.25) is 5.91 Å². The summed E-state index contributed by atoms with van der Waals surface area (Å²) in [6.45, 7) is 3.07. The minimum absolute atomic E-state index is 0.180. The molecule has 2 rings (SSSR count). The molecule has 1 aromatic rings. The van der Waals surface area contributed by atoms with Gasteiger partial charge in [0.25, 0.3) is 0 Å². The average Bonchev–Trinajstić information content (AvgIpc) is 2.44. The predicted octanol–water partition coefficient (Wildman–Crippen LogP) is 2.03. The van der Waals surface area contributed by atoms with E-state index >= 15 is 0 Å². The number of carbonyl (C=O) groups excluding carboxylic acids is 1. The molecule has 1 heterocycles. The predicted molar refractivity (Wildman–Crippen MR) is 77.5 cm³/mol. The van der Waals surface area contributed by atoms with Crippen molar-refractivity contribution in [2.75, 3.05) is 30.4 Å². The molecule has 0 saturated heterocycles. The molecule has 0 aromatic heterocycles. The second-order valence-corrected chi connectivity index (χ2v) is 5.13. The van der Waals surface area contributed by atoms with Crippen LogP contribution in [0.4, 0.5) is 11.4 Å². The number of aliphatic hydroxyl groups is 1. The van der Waals surface area contributed by atoms with E-state index in [0.717, 1.165) is 30.8 Å². The summed E-state index contributed by atoms with van der Waals surface area (Å²) < 4.78 is 0. The van der Waals surface area contributed by atoms with Crippen LogP contribution in [0.15, 0.2) is 18.2 Å². The third kappa shape index (κ3) is 3.07. The minimum Gasteiger partial charge on any atom is -0.396 e. The molecule has 2 N–H and O–H groups in total. The van der Waals surface area contributed by atoms with Gasteiger partial charge >= 0.3 is 0 Å². The molecule has 4 heteroatoms. The zero-order chi connectivity index (χ0) is 13.8. The lowest BCUT2D eigenvalue weighted by Gasteiger charge is -2.26. The molecule has 104 valence electrons. The lowest BCUT2D eigenvalue weighted by atomic mass is 10.0. The summed E-state index contributed by atoms with van der Waals surface area (Å²) in [7, 11) is 1.83. The first-order chi connectivity index (χ1) is 9.15. The summed E-state index contributed by atoms with van der Waals surface area (Å²) in [6.07, 6.45) is 2.36. The molecular formula is C15H22N2O2. The number of hydrogen-bond donors (Lipinski definition) is 2. The Balaban J connectivity index is 2.07. The summed E-state index contributed by atoms with van der Waals surface area (Å²) >= 11 is 0. The highest BCUT2D eigenvalue weighted by Gasteiger charge is 2.20. The van der Waals surface area contributed by atoms with Crippen LogP contribution in [0.5, 0.6) is 0 Å². The molecule has 1 aliphatic rings. The third-order valence-corrected chi connectivity index (χ3v) is 3.85. The Morgan fingerprint density at radius 2 is 2.21 bits per heavy atom. The van der Waals surface area contributed by atoms with Crippen molar-refractivity contribution in [3.8, 4) is 0 Å². The van der Waals surface area contributed by atoms with E-state index in [1.165, 1.54) is 5.56 Å². The SMILES string of the molecule is CCC(CO)CNc1ccc2c(c1)CCC(=O)N2C. The molecule has 19 heavy (non-hydrogen) atoms. The van der Waals surface area contributed by atoms with Crippen LogP contribution in [0.3, 0.4) is 0 Å². The standard InChI is InChI=1S/C15H22N2O2/c1-3-11(10-18)9-16-13-5-6-14-12(8-13)4-7-15(19)17(14)2/h5-6,8,11,16,18H,3-4,7,9-10H2,1-2H3. The van der Waals surface area contributed by atoms with Crippen LogP contribution in [-0.4, -0.2) is 31.2 Å². The maximum absolute atomic E-state index is 11.6. The molecule has 1 aliphatic heterocycles. The van der Waals surface area contributed by atoms with Crippen molar-refractivity contribution in [1.82, 2.24) is 0 Å². The van der Waals surface area contributed by atoms with E-state index in [9.17, 15) is 9.90 Å². The van der Waals surface area contributed by atoms with Crippen molar-refractivity contribution in [1.29, 1.82) is 0 Å². The van der Waals surface area contributed by atoms with E-state index in [-0.39, 0.29) is 12.5 Å². The summed E-state index contributed by atoms with van der Waals surface area (Å²) in [5.41, 5.74) is 3.29. The van der Waals surface area contributed by atoms with Gasteiger partial charge in [-0.2, -0.15) is 0 Å². The Labute approximate surface area is 114 Å². The number of anilines is 2. The van der Waals surface area contributed by atoms with Gasteiger partial charge < -0.3 is 15.3 Å². The molecule has 0 saturated carbocycles. The molecule has 0 fully saturated rings. The lowest BCUT2D eigenvalue weighted by molar-refractivity contribution is -0.118. The third-order valence-electron chi connectivity index (χ3n) is 3.85. The molecule has 1 unspecified atom stereocenters. The van der Waals surface area contributed by atoms with E-state index in [1.807, 2.05) is 19.2 Å². The highest BCUT2D eigenvalue weighted by atomic mass is 16.3. The minimum atomic E-state index is 0.180. The lowest BCUT2D eigenvalue weighted by Crippen LogP contribution is -2.31. The van der Waals surface area contributed by atoms with E-state index < -0.39 is 0 Å². The largest absolute Gasteiger partial charge is 0.396 e. The van der Waals surface area contributed by atoms with Gasteiger partial charge in [0.15, 0.2) is 0 Å². The molecule has 0 aliphatic carbocycles. The van der Waals surface area contributed by atoms with Gasteiger partial charge in [0.05, 0.1) is 0 Å². The number of aliphatic hydroxyl groups excluding tert-OH is 1. The van der Waals surface area contributed by atoms with Crippen molar-refractivity contribution < 1.29 is 9.90 Å². The summed E-state index contributed by atoms with van der Waals surface area (Å²) in [4.78, 5) is 13.3. The van der Waals surface area contributed by atoms with Crippen molar-refractivity contribution >= 4 is 17.3 Å². The van der Waals surface area contributed by atoms with Crippen LogP contribution in [0.2, 0.25) is 0 Å². The second kappa shape index (κ2) is 6.06. The van der Waals surface area contributed by atoms with Crippen molar-refractivity contribution in [3.63, 3.8) is 0 Å². The zero-order valence-corrected chi connectivity index (χ0v) is 11.6. The van der Waals surface area contributed by atoms with E-state index in [0.29, 0.717) is 12.3 Å². The normalized spacial score (nSPS) is 16.2. The van der Waals surface area contributed by atoms with Crippen LogP contribution in [-0.2, 0) is 11.2 Å². The van der Waals surface area contributed by atoms with Crippen LogP contribution in [0.25, 0.3) is 0 Å². The number of aryl methyl sites for hydroxylation is 1. The summed E-state index contributed by atoms with van der Waals surface area (Å²) in [5, 5.41) is 12.5. The fourth-order valence-electron chi connectivity index (χ4n) is 2.37. The van der Waals surface area contributed by atoms with Crippen molar-refractivity contribution in [3.05, 3.63) is 23.8 Å². The molecule has 1 aromatic carbocycles. The maximum atomic E-state index is 11.6. The number of nitrogens with one attached hydrogen (secondary N) is 1. The second-order valence-electron chi connectivity index (χ2n) is 5.13. The Morgan fingerprint density at radius 1 is 1.42 bits per heavy atom. The van der Waals surface area contributed by atoms with Gasteiger partial charge in [-0.3, -0.25) is 4.79 Å². The van der Waals surface area contributed by atoms with Gasteiger partial charge in [-0.05, 0) is 42.5 Å². The Morgan fingerprint density at radius 3 is 2.89 bits per heavy atom. The van der Waals surface area contributed by atoms with Crippen molar-refractivity contribution in [2.45, 2.75) is 26.2 Å². The van der Waals surface area contributed by atoms with Gasteiger partial charge in [0.1, 0.15) is 0 Å². The van der Waals surface area contributed by atoms with Crippen LogP contribution in [0, 0.1) is 5.92 Å². The highest BCUT2D eigenvalue weighted by molar-refractivity contribution is 5.96. The van der Waals surface area contributed by atoms with Gasteiger partial charge in [-0.25, -0.2) is 0 Å². The number of carbonyl (C=O) groups is 1. The van der Waals surface area contributed by atoms with E-state index in [4.69, 9.17) is 0 Å². The summed E-state index contributed by atoms with van der Waals surface area (Å²) in [6, 6.07) is 6.11. The number of rotatable bonds is 5. The zero-order valence-electron chi connectivity index (χ0n) is 11.6. The average molecular weight is 262 g/mol. The molecule has 0 radical (unpaired) electrons. The van der Waals surface area contributed by atoms with Gasteiger partial charge in [0, 0.05) is 38.0 Å². The number of amides is 1. The molecule has 1 atom stereocenters. The number of nitrogens with zero attached hydrogens (tertiary/aromatic N) is 1.